The van der Waals surface area contributed by atoms with Gasteiger partial charge in [0.1, 0.15) is 11.6 Å². The average molecular weight is 344 g/mol. The molecule has 6 nitrogen and oxygen atoms in total. The van der Waals surface area contributed by atoms with Crippen LogP contribution in [0.4, 0.5) is 5.69 Å². The topological polar surface area (TPSA) is 94.4 Å². The highest BCUT2D eigenvalue weighted by Crippen LogP contribution is 2.25. The van der Waals surface area contributed by atoms with E-state index in [0.29, 0.717) is 23.9 Å². The highest BCUT2D eigenvalue weighted by atomic mass is 35.5. The molecule has 1 aromatic carbocycles. The highest BCUT2D eigenvalue weighted by molar-refractivity contribution is 6.36. The van der Waals surface area contributed by atoms with E-state index in [4.69, 9.17) is 38.3 Å². The Bertz CT molecular complexity index is 585. The summed E-state index contributed by atoms with van der Waals surface area (Å²) in [6.45, 7) is 0.941. The number of nitrogens with zero attached hydrogens (tertiary/aromatic N) is 1. The van der Waals surface area contributed by atoms with Crippen LogP contribution < -0.4 is 10.6 Å². The van der Waals surface area contributed by atoms with Crippen LogP contribution in [0.25, 0.3) is 0 Å². The number of benzene rings is 1. The maximum absolute atomic E-state index is 11.9. The van der Waals surface area contributed by atoms with Gasteiger partial charge in [-0.2, -0.15) is 5.26 Å². The number of ether oxygens (including phenoxy) is 1. The fraction of sp³-hybridized carbons (Fsp3) is 0.286. The Morgan fingerprint density at radius 2 is 2.18 bits per heavy atom. The molecule has 0 unspecified atom stereocenters. The normalized spacial score (nSPS) is 10.9. The Kier molecular flexibility index (Phi) is 8.33. The van der Waals surface area contributed by atoms with E-state index in [1.54, 1.807) is 18.2 Å². The van der Waals surface area contributed by atoms with E-state index >= 15 is 0 Å². The summed E-state index contributed by atoms with van der Waals surface area (Å²) in [5, 5.41) is 23.6. The number of nitrogens with one attached hydrogen (secondary N) is 2. The molecule has 0 radical (unpaired) electrons. The van der Waals surface area contributed by atoms with Gasteiger partial charge in [-0.25, -0.2) is 0 Å². The Labute approximate surface area is 138 Å². The average Bonchev–Trinajstić information content (AvgIpc) is 2.49. The number of carbonyl (C=O) groups excluding carboxylic acids is 1. The summed E-state index contributed by atoms with van der Waals surface area (Å²) in [6, 6.07) is 6.41. The molecule has 0 spiro atoms. The molecule has 3 N–H and O–H groups in total. The Morgan fingerprint density at radius 1 is 1.41 bits per heavy atom. The van der Waals surface area contributed by atoms with Gasteiger partial charge in [-0.3, -0.25) is 4.79 Å². The summed E-state index contributed by atoms with van der Waals surface area (Å²) in [5.74, 6) is -0.588. The number of anilines is 1. The van der Waals surface area contributed by atoms with Gasteiger partial charge in [0.2, 0.25) is 0 Å². The molecule has 0 saturated heterocycles. The fourth-order valence-corrected chi connectivity index (χ4v) is 1.86. The number of aliphatic hydroxyl groups is 1. The molecule has 0 saturated carbocycles. The third kappa shape index (κ3) is 6.33. The third-order valence-electron chi connectivity index (χ3n) is 2.42. The largest absolute Gasteiger partial charge is 0.394 e. The van der Waals surface area contributed by atoms with Gasteiger partial charge in [0.05, 0.1) is 30.5 Å². The summed E-state index contributed by atoms with van der Waals surface area (Å²) >= 11 is 11.7. The van der Waals surface area contributed by atoms with Crippen LogP contribution in [0.15, 0.2) is 30.0 Å². The number of amides is 1. The molecule has 0 fully saturated rings. The molecule has 1 aromatic rings. The van der Waals surface area contributed by atoms with Crippen molar-refractivity contribution >= 4 is 34.8 Å². The summed E-state index contributed by atoms with van der Waals surface area (Å²) < 4.78 is 5.03. The maximum Gasteiger partial charge on any atom is 0.267 e. The minimum Gasteiger partial charge on any atom is -0.394 e. The summed E-state index contributed by atoms with van der Waals surface area (Å²) in [4.78, 5) is 11.9. The molecule has 0 aliphatic carbocycles. The first kappa shape index (κ1) is 18.3. The first-order chi connectivity index (χ1) is 10.6. The lowest BCUT2D eigenvalue weighted by Crippen LogP contribution is -2.19. The van der Waals surface area contributed by atoms with Crippen molar-refractivity contribution in [3.63, 3.8) is 0 Å². The van der Waals surface area contributed by atoms with Gasteiger partial charge in [0, 0.05) is 17.8 Å². The van der Waals surface area contributed by atoms with Gasteiger partial charge in [-0.1, -0.05) is 23.2 Å². The molecule has 0 aromatic heterocycles. The second-order valence-corrected chi connectivity index (χ2v) is 4.88. The quantitative estimate of drug-likeness (QED) is 0.381. The number of aliphatic hydroxyl groups excluding tert-OH is 1. The van der Waals surface area contributed by atoms with Gasteiger partial charge in [0.15, 0.2) is 0 Å². The number of hydrogen-bond donors (Lipinski definition) is 3. The van der Waals surface area contributed by atoms with Crippen molar-refractivity contribution in [2.24, 2.45) is 0 Å². The van der Waals surface area contributed by atoms with Crippen molar-refractivity contribution in [1.29, 1.82) is 5.26 Å². The number of carbonyl (C=O) groups is 1. The Balaban J connectivity index is 2.55. The fourth-order valence-electron chi connectivity index (χ4n) is 1.40. The smallest absolute Gasteiger partial charge is 0.267 e. The monoisotopic (exact) mass is 343 g/mol. The highest BCUT2D eigenvalue weighted by Gasteiger charge is 2.11. The van der Waals surface area contributed by atoms with E-state index in [0.717, 1.165) is 0 Å². The van der Waals surface area contributed by atoms with E-state index < -0.39 is 5.91 Å². The lowest BCUT2D eigenvalue weighted by Gasteiger charge is -2.07. The minimum atomic E-state index is -0.588. The van der Waals surface area contributed by atoms with Crippen molar-refractivity contribution in [2.45, 2.75) is 0 Å². The summed E-state index contributed by atoms with van der Waals surface area (Å²) in [5.41, 5.74) is 0.261. The molecule has 22 heavy (non-hydrogen) atoms. The zero-order valence-electron chi connectivity index (χ0n) is 11.6. The molecule has 0 aliphatic rings. The van der Waals surface area contributed by atoms with Crippen LogP contribution in [-0.2, 0) is 9.53 Å². The molecule has 0 bridgehead atoms. The number of hydrogen-bond acceptors (Lipinski definition) is 5. The standard InChI is InChI=1S/C14H15Cl2N3O3/c15-11-1-2-13(12(16)7-11)19-14(21)10(8-17)9-18-3-5-22-6-4-20/h1-2,7,9,18,20H,3-6H2,(H,19,21)/b10-9-. The Morgan fingerprint density at radius 3 is 2.82 bits per heavy atom. The van der Waals surface area contributed by atoms with Crippen LogP contribution in [0.5, 0.6) is 0 Å². The molecule has 1 amide bonds. The number of rotatable bonds is 8. The molecule has 1 rings (SSSR count). The van der Waals surface area contributed by atoms with Crippen molar-refractivity contribution in [3.8, 4) is 6.07 Å². The van der Waals surface area contributed by atoms with E-state index in [9.17, 15) is 4.79 Å². The molecule has 8 heteroatoms. The summed E-state index contributed by atoms with van der Waals surface area (Å²) in [6.07, 6.45) is 1.29. The van der Waals surface area contributed by atoms with E-state index in [2.05, 4.69) is 10.6 Å². The van der Waals surface area contributed by atoms with Gasteiger partial charge in [0.25, 0.3) is 5.91 Å². The number of nitriles is 1. The first-order valence-corrected chi connectivity index (χ1v) is 7.12. The molecule has 0 aliphatic heterocycles. The van der Waals surface area contributed by atoms with Crippen molar-refractivity contribution in [3.05, 3.63) is 40.0 Å². The summed E-state index contributed by atoms with van der Waals surface area (Å²) in [7, 11) is 0. The molecular formula is C14H15Cl2N3O3. The van der Waals surface area contributed by atoms with Crippen LogP contribution in [0.1, 0.15) is 0 Å². The van der Waals surface area contributed by atoms with Crippen LogP contribution >= 0.6 is 23.2 Å². The number of halogens is 2. The molecule has 118 valence electrons. The maximum atomic E-state index is 11.9. The molecule has 0 heterocycles. The van der Waals surface area contributed by atoms with E-state index in [-0.39, 0.29) is 23.8 Å². The van der Waals surface area contributed by atoms with Crippen molar-refractivity contribution in [1.82, 2.24) is 5.32 Å². The molecule has 0 atom stereocenters. The molecular weight excluding hydrogens is 329 g/mol. The van der Waals surface area contributed by atoms with Gasteiger partial charge in [-0.15, -0.1) is 0 Å². The first-order valence-electron chi connectivity index (χ1n) is 6.37. The van der Waals surface area contributed by atoms with Crippen LogP contribution in [0, 0.1) is 11.3 Å². The van der Waals surface area contributed by atoms with Gasteiger partial charge < -0.3 is 20.5 Å². The van der Waals surface area contributed by atoms with Crippen molar-refractivity contribution < 1.29 is 14.6 Å². The van der Waals surface area contributed by atoms with Crippen molar-refractivity contribution in [2.75, 3.05) is 31.7 Å². The Hall–Kier alpha value is -1.78. The van der Waals surface area contributed by atoms with Gasteiger partial charge in [-0.05, 0) is 18.2 Å². The second kappa shape index (κ2) is 10.0. The predicted molar refractivity (Wildman–Crippen MR) is 84.7 cm³/mol. The third-order valence-corrected chi connectivity index (χ3v) is 2.96. The predicted octanol–water partition coefficient (Wildman–Crippen LogP) is 1.94. The second-order valence-electron chi connectivity index (χ2n) is 4.04. The van der Waals surface area contributed by atoms with Crippen LogP contribution in [0.2, 0.25) is 10.0 Å². The van der Waals surface area contributed by atoms with E-state index in [1.807, 2.05) is 0 Å². The SMILES string of the molecule is N#C/C(=C/NCCOCCO)C(=O)Nc1ccc(Cl)cc1Cl. The van der Waals surface area contributed by atoms with Crippen LogP contribution in [-0.4, -0.2) is 37.4 Å². The lowest BCUT2D eigenvalue weighted by atomic mass is 10.2. The zero-order chi connectivity index (χ0) is 16.4. The van der Waals surface area contributed by atoms with Crippen LogP contribution in [0.3, 0.4) is 0 Å². The van der Waals surface area contributed by atoms with E-state index in [1.165, 1.54) is 12.3 Å². The lowest BCUT2D eigenvalue weighted by molar-refractivity contribution is -0.112. The minimum absolute atomic E-state index is 0.0520. The zero-order valence-corrected chi connectivity index (χ0v) is 13.1. The van der Waals surface area contributed by atoms with Gasteiger partial charge >= 0.3 is 0 Å².